The topological polar surface area (TPSA) is 64.1 Å². The highest BCUT2D eigenvalue weighted by atomic mass is 32.2. The minimum atomic E-state index is 0.0211. The van der Waals surface area contributed by atoms with Crippen LogP contribution < -0.4 is 20.1 Å². The van der Waals surface area contributed by atoms with Crippen molar-refractivity contribution in [2.24, 2.45) is 4.99 Å². The summed E-state index contributed by atoms with van der Waals surface area (Å²) in [7, 11) is 3.36. The average Bonchev–Trinajstić information content (AvgIpc) is 2.72. The smallest absolute Gasteiger partial charge is 0.191 e. The molecule has 1 aromatic rings. The summed E-state index contributed by atoms with van der Waals surface area (Å²) in [6, 6.07) is 5.86. The molecule has 0 spiro atoms. The zero-order valence-electron chi connectivity index (χ0n) is 17.1. The molecule has 1 aliphatic heterocycles. The summed E-state index contributed by atoms with van der Waals surface area (Å²) >= 11 is 1.90. The maximum atomic E-state index is 5.53. The van der Waals surface area contributed by atoms with E-state index >= 15 is 0 Å². The molecule has 1 aromatic carbocycles. The van der Waals surface area contributed by atoms with Crippen molar-refractivity contribution < 1.29 is 14.2 Å². The Balaban J connectivity index is 2.14. The predicted octanol–water partition coefficient (Wildman–Crippen LogP) is 3.23. The van der Waals surface area contributed by atoms with Gasteiger partial charge in [-0.25, -0.2) is 0 Å². The van der Waals surface area contributed by atoms with E-state index in [2.05, 4.69) is 30.7 Å². The van der Waals surface area contributed by atoms with Gasteiger partial charge in [-0.15, -0.1) is 0 Å². The molecular formula is C20H33N3O3S. The predicted molar refractivity (Wildman–Crippen MR) is 113 cm³/mol. The number of hydrogen-bond acceptors (Lipinski definition) is 5. The molecule has 7 heteroatoms. The number of thioether (sulfide) groups is 1. The second-order valence-corrected chi connectivity index (χ2v) is 7.94. The summed E-state index contributed by atoms with van der Waals surface area (Å²) < 4.78 is 16.6. The zero-order chi connectivity index (χ0) is 19.7. The number of hydrogen-bond donors (Lipinski definition) is 2. The molecule has 1 heterocycles. The fourth-order valence-corrected chi connectivity index (χ4v) is 3.94. The first-order chi connectivity index (χ1) is 13.1. The molecule has 0 amide bonds. The summed E-state index contributed by atoms with van der Waals surface area (Å²) in [6.45, 7) is 7.39. The van der Waals surface area contributed by atoms with Gasteiger partial charge >= 0.3 is 0 Å². The normalized spacial score (nSPS) is 17.9. The van der Waals surface area contributed by atoms with E-state index in [1.165, 1.54) is 0 Å². The number of ether oxygens (including phenoxy) is 3. The van der Waals surface area contributed by atoms with Crippen LogP contribution in [-0.4, -0.2) is 57.5 Å². The first kappa shape index (κ1) is 21.7. The van der Waals surface area contributed by atoms with Crippen LogP contribution in [0.4, 0.5) is 0 Å². The van der Waals surface area contributed by atoms with Crippen LogP contribution in [0.1, 0.15) is 38.3 Å². The molecule has 6 nitrogen and oxygen atoms in total. The number of methoxy groups -OCH3 is 2. The fraction of sp³-hybridized carbons (Fsp3) is 0.650. The molecule has 1 atom stereocenters. The first-order valence-electron chi connectivity index (χ1n) is 9.47. The highest BCUT2D eigenvalue weighted by molar-refractivity contribution is 8.00. The Morgan fingerprint density at radius 2 is 2.04 bits per heavy atom. The summed E-state index contributed by atoms with van der Waals surface area (Å²) in [5, 5.41) is 6.86. The zero-order valence-corrected chi connectivity index (χ0v) is 17.9. The summed E-state index contributed by atoms with van der Waals surface area (Å²) in [6.07, 6.45) is 4.25. The Morgan fingerprint density at radius 3 is 2.63 bits per heavy atom. The van der Waals surface area contributed by atoms with Gasteiger partial charge in [0.25, 0.3) is 0 Å². The lowest BCUT2D eigenvalue weighted by Crippen LogP contribution is -2.41. The molecule has 0 saturated carbocycles. The van der Waals surface area contributed by atoms with Crippen LogP contribution >= 0.6 is 11.8 Å². The third-order valence-electron chi connectivity index (χ3n) is 4.96. The van der Waals surface area contributed by atoms with E-state index < -0.39 is 0 Å². The van der Waals surface area contributed by atoms with E-state index in [4.69, 9.17) is 19.2 Å². The molecule has 2 rings (SSSR count). The molecule has 1 fully saturated rings. The van der Waals surface area contributed by atoms with Gasteiger partial charge in [0.1, 0.15) is 11.5 Å². The Labute approximate surface area is 167 Å². The lowest BCUT2D eigenvalue weighted by Gasteiger charge is -2.34. The minimum Gasteiger partial charge on any atom is -0.497 e. The van der Waals surface area contributed by atoms with Crippen molar-refractivity contribution in [1.29, 1.82) is 0 Å². The molecule has 0 aliphatic carbocycles. The second-order valence-electron chi connectivity index (χ2n) is 6.67. The van der Waals surface area contributed by atoms with E-state index in [9.17, 15) is 0 Å². The molecule has 1 saturated heterocycles. The second kappa shape index (κ2) is 10.7. The molecule has 152 valence electrons. The number of rotatable bonds is 8. The fourth-order valence-electron chi connectivity index (χ4n) is 3.17. The molecule has 1 unspecified atom stereocenters. The standard InChI is InChI=1S/C20H33N3O3S/c1-6-21-19(22-14-20(27-5)9-11-26-12-10-20)23-15(2)17-13-16(24-3)7-8-18(17)25-4/h7-8,13,15H,6,9-12,14H2,1-5H3,(H2,21,22,23). The van der Waals surface area contributed by atoms with Gasteiger partial charge in [-0.3, -0.25) is 4.99 Å². The maximum Gasteiger partial charge on any atom is 0.191 e. The largest absolute Gasteiger partial charge is 0.497 e. The van der Waals surface area contributed by atoms with Crippen LogP contribution in [0, 0.1) is 0 Å². The van der Waals surface area contributed by atoms with Gasteiger partial charge in [-0.05, 0) is 51.1 Å². The van der Waals surface area contributed by atoms with Crippen molar-refractivity contribution in [3.8, 4) is 11.5 Å². The molecule has 0 radical (unpaired) electrons. The SMILES string of the molecule is CCNC(=NCC1(SC)CCOCC1)NC(C)c1cc(OC)ccc1OC. The Kier molecular flexibility index (Phi) is 8.57. The highest BCUT2D eigenvalue weighted by Crippen LogP contribution is 2.34. The van der Waals surface area contributed by atoms with Crippen molar-refractivity contribution in [2.45, 2.75) is 37.5 Å². The summed E-state index contributed by atoms with van der Waals surface area (Å²) in [4.78, 5) is 4.89. The summed E-state index contributed by atoms with van der Waals surface area (Å²) in [5.74, 6) is 2.45. The first-order valence-corrected chi connectivity index (χ1v) is 10.7. The van der Waals surface area contributed by atoms with Gasteiger partial charge in [0.15, 0.2) is 5.96 Å². The van der Waals surface area contributed by atoms with Crippen LogP contribution in [0.5, 0.6) is 11.5 Å². The van der Waals surface area contributed by atoms with E-state index in [1.54, 1.807) is 14.2 Å². The lowest BCUT2D eigenvalue weighted by molar-refractivity contribution is 0.0794. The van der Waals surface area contributed by atoms with Gasteiger partial charge in [0, 0.05) is 30.1 Å². The Morgan fingerprint density at radius 1 is 1.30 bits per heavy atom. The van der Waals surface area contributed by atoms with E-state index in [1.807, 2.05) is 30.0 Å². The van der Waals surface area contributed by atoms with E-state index in [0.29, 0.717) is 0 Å². The van der Waals surface area contributed by atoms with Crippen molar-refractivity contribution >= 4 is 17.7 Å². The molecule has 0 aromatic heterocycles. The molecule has 0 bridgehead atoms. The maximum absolute atomic E-state index is 5.53. The van der Waals surface area contributed by atoms with Crippen LogP contribution in [0.25, 0.3) is 0 Å². The molecular weight excluding hydrogens is 362 g/mol. The average molecular weight is 396 g/mol. The van der Waals surface area contributed by atoms with Crippen LogP contribution in [0.15, 0.2) is 23.2 Å². The highest BCUT2D eigenvalue weighted by Gasteiger charge is 2.31. The van der Waals surface area contributed by atoms with Gasteiger partial charge in [-0.1, -0.05) is 0 Å². The van der Waals surface area contributed by atoms with Crippen LogP contribution in [0.3, 0.4) is 0 Å². The van der Waals surface area contributed by atoms with Crippen LogP contribution in [-0.2, 0) is 4.74 Å². The van der Waals surface area contributed by atoms with E-state index in [-0.39, 0.29) is 10.8 Å². The quantitative estimate of drug-likeness (QED) is 0.520. The van der Waals surface area contributed by atoms with Gasteiger partial charge < -0.3 is 24.8 Å². The molecule has 1 aliphatic rings. The number of nitrogens with zero attached hydrogens (tertiary/aromatic N) is 1. The monoisotopic (exact) mass is 395 g/mol. The molecule has 27 heavy (non-hydrogen) atoms. The number of aliphatic imine (C=N–C) groups is 1. The van der Waals surface area contributed by atoms with Crippen LogP contribution in [0.2, 0.25) is 0 Å². The lowest BCUT2D eigenvalue weighted by atomic mass is 9.99. The van der Waals surface area contributed by atoms with Crippen molar-refractivity contribution in [2.75, 3.05) is 46.8 Å². The third kappa shape index (κ3) is 5.94. The van der Waals surface area contributed by atoms with Crippen molar-refractivity contribution in [3.05, 3.63) is 23.8 Å². The minimum absolute atomic E-state index is 0.0211. The van der Waals surface area contributed by atoms with Gasteiger partial charge in [0.2, 0.25) is 0 Å². The number of guanidine groups is 1. The van der Waals surface area contributed by atoms with Gasteiger partial charge in [0.05, 0.1) is 26.8 Å². The van der Waals surface area contributed by atoms with Crippen molar-refractivity contribution in [1.82, 2.24) is 10.6 Å². The summed E-state index contributed by atoms with van der Waals surface area (Å²) in [5.41, 5.74) is 1.04. The van der Waals surface area contributed by atoms with E-state index in [0.717, 1.165) is 62.2 Å². The number of benzene rings is 1. The van der Waals surface area contributed by atoms with Crippen molar-refractivity contribution in [3.63, 3.8) is 0 Å². The number of nitrogens with one attached hydrogen (secondary N) is 2. The Hall–Kier alpha value is -1.60. The molecule has 2 N–H and O–H groups in total. The Bertz CT molecular complexity index is 618. The van der Waals surface area contributed by atoms with Gasteiger partial charge in [-0.2, -0.15) is 11.8 Å². The third-order valence-corrected chi connectivity index (χ3v) is 6.37.